The summed E-state index contributed by atoms with van der Waals surface area (Å²) in [5.41, 5.74) is 0.991. The monoisotopic (exact) mass is 372 g/mol. The van der Waals surface area contributed by atoms with Crippen LogP contribution < -0.4 is 20.1 Å². The summed E-state index contributed by atoms with van der Waals surface area (Å²) in [6.45, 7) is 0.478. The van der Waals surface area contributed by atoms with Crippen LogP contribution in [0, 0.1) is 5.92 Å². The lowest BCUT2D eigenvalue weighted by atomic mass is 9.85. The number of amides is 1. The third-order valence-electron chi connectivity index (χ3n) is 6.50. The number of para-hydroxylation sites is 1. The van der Waals surface area contributed by atoms with Crippen molar-refractivity contribution in [1.29, 1.82) is 0 Å². The van der Waals surface area contributed by atoms with Crippen LogP contribution in [-0.4, -0.2) is 31.2 Å². The first-order valence-electron chi connectivity index (χ1n) is 10.6. The molecule has 3 atom stereocenters. The fourth-order valence-electron chi connectivity index (χ4n) is 4.99. The highest BCUT2D eigenvalue weighted by molar-refractivity contribution is 5.82. The van der Waals surface area contributed by atoms with Gasteiger partial charge in [-0.2, -0.15) is 0 Å². The molecule has 2 N–H and O–H groups in total. The number of benzene rings is 1. The average molecular weight is 373 g/mol. The van der Waals surface area contributed by atoms with Crippen molar-refractivity contribution in [3.05, 3.63) is 23.8 Å². The normalized spacial score (nSPS) is 28.0. The molecule has 0 radical (unpaired) electrons. The zero-order valence-electron chi connectivity index (χ0n) is 16.3. The molecule has 2 aliphatic carbocycles. The largest absolute Gasteiger partial charge is 0.493 e. The van der Waals surface area contributed by atoms with Crippen LogP contribution in [0.4, 0.5) is 0 Å². The summed E-state index contributed by atoms with van der Waals surface area (Å²) in [5.74, 6) is 2.32. The molecule has 1 aromatic rings. The Bertz CT molecular complexity index is 643. The summed E-state index contributed by atoms with van der Waals surface area (Å²) in [6, 6.07) is 6.40. The summed E-state index contributed by atoms with van der Waals surface area (Å²) in [4.78, 5) is 12.7. The molecule has 3 aliphatic rings. The second-order valence-corrected chi connectivity index (χ2v) is 8.30. The van der Waals surface area contributed by atoms with Gasteiger partial charge in [0, 0.05) is 18.2 Å². The first-order chi connectivity index (χ1) is 13.2. The summed E-state index contributed by atoms with van der Waals surface area (Å²) >= 11 is 0. The standard InChI is InChI=1S/C22H32N2O3/c1-26-20-12-6-8-16(21(20)27-17-9-3-4-10-17)14-23-22(25)19-13-15-7-2-5-11-18(15)24-19/h6,8,12,15,17-19,24H,2-5,7,9-11,13-14H2,1H3,(H,23,25). The Morgan fingerprint density at radius 3 is 2.70 bits per heavy atom. The molecule has 1 aromatic carbocycles. The van der Waals surface area contributed by atoms with Gasteiger partial charge < -0.3 is 20.1 Å². The second-order valence-electron chi connectivity index (χ2n) is 8.30. The molecule has 5 nitrogen and oxygen atoms in total. The minimum atomic E-state index is -0.0529. The zero-order valence-corrected chi connectivity index (χ0v) is 16.3. The molecular weight excluding hydrogens is 340 g/mol. The highest BCUT2D eigenvalue weighted by atomic mass is 16.5. The molecule has 27 heavy (non-hydrogen) atoms. The molecule has 1 heterocycles. The highest BCUT2D eigenvalue weighted by Crippen LogP contribution is 2.35. The van der Waals surface area contributed by atoms with Crippen molar-refractivity contribution in [3.8, 4) is 11.5 Å². The minimum absolute atomic E-state index is 0.0529. The lowest BCUT2D eigenvalue weighted by Crippen LogP contribution is -2.42. The van der Waals surface area contributed by atoms with Gasteiger partial charge in [0.05, 0.1) is 19.3 Å². The highest BCUT2D eigenvalue weighted by Gasteiger charge is 2.38. The summed E-state index contributed by atoms with van der Waals surface area (Å²) < 4.78 is 11.8. The van der Waals surface area contributed by atoms with E-state index in [2.05, 4.69) is 10.6 Å². The Morgan fingerprint density at radius 2 is 1.93 bits per heavy atom. The van der Waals surface area contributed by atoms with Crippen LogP contribution in [0.3, 0.4) is 0 Å². The van der Waals surface area contributed by atoms with E-state index in [4.69, 9.17) is 9.47 Å². The molecule has 0 bridgehead atoms. The van der Waals surface area contributed by atoms with Gasteiger partial charge in [-0.3, -0.25) is 4.79 Å². The Hall–Kier alpha value is -1.75. The lowest BCUT2D eigenvalue weighted by molar-refractivity contribution is -0.123. The molecule has 3 fully saturated rings. The number of rotatable bonds is 6. The van der Waals surface area contributed by atoms with E-state index in [0.717, 1.165) is 36.3 Å². The molecule has 0 aromatic heterocycles. The van der Waals surface area contributed by atoms with Crippen LogP contribution in [0.5, 0.6) is 11.5 Å². The number of methoxy groups -OCH3 is 1. The number of fused-ring (bicyclic) bond motifs is 1. The quantitative estimate of drug-likeness (QED) is 0.802. The first kappa shape index (κ1) is 18.6. The minimum Gasteiger partial charge on any atom is -0.493 e. The number of nitrogens with one attached hydrogen (secondary N) is 2. The van der Waals surface area contributed by atoms with Gasteiger partial charge in [0.2, 0.25) is 5.91 Å². The maximum absolute atomic E-state index is 12.7. The molecular formula is C22H32N2O3. The Kier molecular flexibility index (Phi) is 5.86. The third kappa shape index (κ3) is 4.23. The first-order valence-corrected chi connectivity index (χ1v) is 10.6. The van der Waals surface area contributed by atoms with Crippen molar-refractivity contribution in [2.24, 2.45) is 5.92 Å². The van der Waals surface area contributed by atoms with Crippen molar-refractivity contribution in [1.82, 2.24) is 10.6 Å². The van der Waals surface area contributed by atoms with Crippen molar-refractivity contribution >= 4 is 5.91 Å². The van der Waals surface area contributed by atoms with Crippen molar-refractivity contribution < 1.29 is 14.3 Å². The van der Waals surface area contributed by atoms with E-state index in [0.29, 0.717) is 18.5 Å². The molecule has 0 spiro atoms. The van der Waals surface area contributed by atoms with Crippen molar-refractivity contribution in [2.75, 3.05) is 7.11 Å². The van der Waals surface area contributed by atoms with E-state index in [1.165, 1.54) is 38.5 Å². The molecule has 1 saturated heterocycles. The molecule has 5 heteroatoms. The fraction of sp³-hybridized carbons (Fsp3) is 0.682. The van der Waals surface area contributed by atoms with E-state index >= 15 is 0 Å². The molecule has 148 valence electrons. The number of carbonyl (C=O) groups is 1. The van der Waals surface area contributed by atoms with Gasteiger partial charge >= 0.3 is 0 Å². The van der Waals surface area contributed by atoms with E-state index < -0.39 is 0 Å². The van der Waals surface area contributed by atoms with Crippen molar-refractivity contribution in [2.45, 2.75) is 82.5 Å². The number of ether oxygens (including phenoxy) is 2. The third-order valence-corrected chi connectivity index (χ3v) is 6.50. The molecule has 1 amide bonds. The van der Waals surface area contributed by atoms with Crippen LogP contribution >= 0.6 is 0 Å². The van der Waals surface area contributed by atoms with E-state index in [1.807, 2.05) is 18.2 Å². The molecule has 2 saturated carbocycles. The summed E-state index contributed by atoms with van der Waals surface area (Å²) in [7, 11) is 1.67. The average Bonchev–Trinajstić information content (AvgIpc) is 3.36. The Balaban J connectivity index is 1.39. The maximum Gasteiger partial charge on any atom is 0.237 e. The van der Waals surface area contributed by atoms with E-state index in [1.54, 1.807) is 7.11 Å². The summed E-state index contributed by atoms with van der Waals surface area (Å²) in [5, 5.41) is 6.69. The second kappa shape index (κ2) is 8.51. The van der Waals surface area contributed by atoms with Gasteiger partial charge in [0.15, 0.2) is 11.5 Å². The van der Waals surface area contributed by atoms with Gasteiger partial charge in [-0.05, 0) is 56.9 Å². The van der Waals surface area contributed by atoms with Gasteiger partial charge in [-0.1, -0.05) is 25.0 Å². The topological polar surface area (TPSA) is 59.6 Å². The predicted molar refractivity (Wildman–Crippen MR) is 105 cm³/mol. The smallest absolute Gasteiger partial charge is 0.237 e. The van der Waals surface area contributed by atoms with Gasteiger partial charge in [0.1, 0.15) is 0 Å². The maximum atomic E-state index is 12.7. The van der Waals surface area contributed by atoms with E-state index in [-0.39, 0.29) is 18.1 Å². The summed E-state index contributed by atoms with van der Waals surface area (Å²) in [6.07, 6.45) is 10.9. The van der Waals surface area contributed by atoms with Crippen LogP contribution in [0.15, 0.2) is 18.2 Å². The van der Waals surface area contributed by atoms with Gasteiger partial charge in [0.25, 0.3) is 0 Å². The fourth-order valence-corrected chi connectivity index (χ4v) is 4.99. The van der Waals surface area contributed by atoms with Gasteiger partial charge in [-0.15, -0.1) is 0 Å². The number of carbonyl (C=O) groups excluding carboxylic acids is 1. The van der Waals surface area contributed by atoms with Crippen LogP contribution in [0.25, 0.3) is 0 Å². The van der Waals surface area contributed by atoms with E-state index in [9.17, 15) is 4.79 Å². The van der Waals surface area contributed by atoms with Gasteiger partial charge in [-0.25, -0.2) is 0 Å². The van der Waals surface area contributed by atoms with Crippen molar-refractivity contribution in [3.63, 3.8) is 0 Å². The van der Waals surface area contributed by atoms with Crippen LogP contribution in [-0.2, 0) is 11.3 Å². The predicted octanol–water partition coefficient (Wildman–Crippen LogP) is 3.55. The molecule has 1 aliphatic heterocycles. The zero-order chi connectivity index (χ0) is 18.6. The Morgan fingerprint density at radius 1 is 1.15 bits per heavy atom. The molecule has 4 rings (SSSR count). The van der Waals surface area contributed by atoms with Crippen LogP contribution in [0.2, 0.25) is 0 Å². The lowest BCUT2D eigenvalue weighted by Gasteiger charge is -2.24. The SMILES string of the molecule is COc1cccc(CNC(=O)C2CC3CCCCC3N2)c1OC1CCCC1. The Labute approximate surface area is 162 Å². The number of hydrogen-bond acceptors (Lipinski definition) is 4. The van der Waals surface area contributed by atoms with Crippen LogP contribution in [0.1, 0.15) is 63.4 Å². The molecule has 3 unspecified atom stereocenters. The number of hydrogen-bond donors (Lipinski definition) is 2.